The fraction of sp³-hybridized carbons (Fsp3) is 0.889. The van der Waals surface area contributed by atoms with Gasteiger partial charge in [0.05, 0.1) is 11.5 Å². The van der Waals surface area contributed by atoms with Crippen molar-refractivity contribution in [1.82, 2.24) is 5.32 Å². The topological polar surface area (TPSA) is 30.5 Å². The van der Waals surface area contributed by atoms with E-state index in [0.29, 0.717) is 6.54 Å². The first kappa shape index (κ1) is 12.8. The van der Waals surface area contributed by atoms with Gasteiger partial charge >= 0.3 is 0 Å². The molecule has 0 spiro atoms. The third-order valence-electron chi connectivity index (χ3n) is 1.95. The number of thiocarbonyl (C=S) groups is 1. The van der Waals surface area contributed by atoms with Crippen LogP contribution >= 0.6 is 12.2 Å². The van der Waals surface area contributed by atoms with Crippen molar-refractivity contribution in [2.24, 2.45) is 0 Å². The molecule has 0 saturated carbocycles. The van der Waals surface area contributed by atoms with Gasteiger partial charge in [0.2, 0.25) is 0 Å². The number of nitrogens with one attached hydrogen (secondary N) is 1. The van der Waals surface area contributed by atoms with Gasteiger partial charge in [0.25, 0.3) is 0 Å². The molecule has 0 fully saturated rings. The molecule has 4 heteroatoms. The first-order valence-electron chi connectivity index (χ1n) is 4.45. The van der Waals surface area contributed by atoms with Crippen molar-refractivity contribution in [2.45, 2.75) is 32.5 Å². The normalized spacial score (nSPS) is 11.4. The largest absolute Gasteiger partial charge is 0.374 e. The summed E-state index contributed by atoms with van der Waals surface area (Å²) in [5, 5.41) is 3.11. The second-order valence-electron chi connectivity index (χ2n) is 3.07. The number of ether oxygens (including phenoxy) is 2. The van der Waals surface area contributed by atoms with E-state index in [1.807, 2.05) is 6.92 Å². The third kappa shape index (κ3) is 5.18. The van der Waals surface area contributed by atoms with Crippen LogP contribution < -0.4 is 5.32 Å². The third-order valence-corrected chi connectivity index (χ3v) is 2.30. The predicted molar refractivity (Wildman–Crippen MR) is 57.9 cm³/mol. The van der Waals surface area contributed by atoms with Crippen molar-refractivity contribution in [1.29, 1.82) is 0 Å². The lowest BCUT2D eigenvalue weighted by atomic mass is 10.3. The zero-order chi connectivity index (χ0) is 10.3. The van der Waals surface area contributed by atoms with Crippen LogP contribution in [0.3, 0.4) is 0 Å². The minimum Gasteiger partial charge on any atom is -0.374 e. The lowest BCUT2D eigenvalue weighted by Crippen LogP contribution is -2.43. The summed E-state index contributed by atoms with van der Waals surface area (Å²) < 4.78 is 10.3. The summed E-state index contributed by atoms with van der Waals surface area (Å²) >= 11 is 5.09. The van der Waals surface area contributed by atoms with Crippen LogP contribution in [0.15, 0.2) is 0 Å². The molecule has 1 N–H and O–H groups in total. The monoisotopic (exact) mass is 205 g/mol. The lowest BCUT2D eigenvalue weighted by molar-refractivity contribution is -0.187. The van der Waals surface area contributed by atoms with E-state index in [4.69, 9.17) is 21.7 Å². The Balaban J connectivity index is 3.78. The smallest absolute Gasteiger partial charge is 0.182 e. The Morgan fingerprint density at radius 1 is 1.38 bits per heavy atom. The van der Waals surface area contributed by atoms with Crippen molar-refractivity contribution in [3.8, 4) is 0 Å². The van der Waals surface area contributed by atoms with Crippen LogP contribution in [0.5, 0.6) is 0 Å². The van der Waals surface area contributed by atoms with Crippen LogP contribution in [0.1, 0.15) is 26.7 Å². The van der Waals surface area contributed by atoms with Gasteiger partial charge in [-0.3, -0.25) is 0 Å². The van der Waals surface area contributed by atoms with E-state index in [1.54, 1.807) is 14.2 Å². The fourth-order valence-corrected chi connectivity index (χ4v) is 1.08. The highest BCUT2D eigenvalue weighted by Gasteiger charge is 2.22. The molecule has 0 aliphatic heterocycles. The number of methoxy groups -OCH3 is 2. The summed E-state index contributed by atoms with van der Waals surface area (Å²) in [7, 11) is 3.24. The second-order valence-corrected chi connectivity index (χ2v) is 3.56. The van der Waals surface area contributed by atoms with E-state index in [0.717, 1.165) is 17.8 Å². The Kier molecular flexibility index (Phi) is 6.20. The van der Waals surface area contributed by atoms with Crippen LogP contribution in [-0.2, 0) is 9.47 Å². The molecule has 13 heavy (non-hydrogen) atoms. The molecule has 0 heterocycles. The van der Waals surface area contributed by atoms with Gasteiger partial charge in [0.15, 0.2) is 5.79 Å². The van der Waals surface area contributed by atoms with E-state index in [1.165, 1.54) is 0 Å². The maximum atomic E-state index is 5.17. The van der Waals surface area contributed by atoms with Gasteiger partial charge in [0.1, 0.15) is 0 Å². The van der Waals surface area contributed by atoms with E-state index in [9.17, 15) is 0 Å². The maximum Gasteiger partial charge on any atom is 0.182 e. The zero-order valence-corrected chi connectivity index (χ0v) is 9.66. The van der Waals surface area contributed by atoms with E-state index in [-0.39, 0.29) is 0 Å². The fourth-order valence-electron chi connectivity index (χ4n) is 0.802. The maximum absolute atomic E-state index is 5.17. The summed E-state index contributed by atoms with van der Waals surface area (Å²) in [5.74, 6) is -0.586. The molecule has 0 amide bonds. The Bertz CT molecular complexity index is 158. The van der Waals surface area contributed by atoms with Gasteiger partial charge in [-0.15, -0.1) is 0 Å². The first-order valence-corrected chi connectivity index (χ1v) is 4.85. The van der Waals surface area contributed by atoms with Crippen molar-refractivity contribution in [3.63, 3.8) is 0 Å². The minimum atomic E-state index is -0.586. The summed E-state index contributed by atoms with van der Waals surface area (Å²) in [4.78, 5) is 0.864. The van der Waals surface area contributed by atoms with Gasteiger partial charge in [-0.2, -0.15) is 0 Å². The summed E-state index contributed by atoms with van der Waals surface area (Å²) in [6.45, 7) is 4.55. The van der Waals surface area contributed by atoms with E-state index < -0.39 is 5.79 Å². The van der Waals surface area contributed by atoms with Crippen molar-refractivity contribution < 1.29 is 9.47 Å². The minimum absolute atomic E-state index is 0.582. The van der Waals surface area contributed by atoms with E-state index >= 15 is 0 Å². The van der Waals surface area contributed by atoms with Crippen LogP contribution in [0.25, 0.3) is 0 Å². The van der Waals surface area contributed by atoms with Crippen LogP contribution in [0.4, 0.5) is 0 Å². The summed E-state index contributed by atoms with van der Waals surface area (Å²) in [6, 6.07) is 0. The van der Waals surface area contributed by atoms with Crippen LogP contribution in [-0.4, -0.2) is 31.5 Å². The number of hydrogen-bond acceptors (Lipinski definition) is 3. The molecular formula is C9H19NO2S. The zero-order valence-electron chi connectivity index (χ0n) is 8.85. The van der Waals surface area contributed by atoms with Gasteiger partial charge in [-0.25, -0.2) is 0 Å². The molecule has 0 rings (SSSR count). The highest BCUT2D eigenvalue weighted by molar-refractivity contribution is 7.80. The van der Waals surface area contributed by atoms with Crippen molar-refractivity contribution >= 4 is 17.2 Å². The Hall–Kier alpha value is -0.190. The standard InChI is InChI=1S/C9H19NO2S/c1-5-6-8(13)10-7-9(2,11-3)12-4/h5-7H2,1-4H3,(H,10,13). The Labute approximate surface area is 85.8 Å². The molecule has 0 radical (unpaired) electrons. The quantitative estimate of drug-likeness (QED) is 0.528. The predicted octanol–water partition coefficient (Wildman–Crippen LogP) is 1.71. The SMILES string of the molecule is CCCC(=S)NCC(C)(OC)OC. The highest BCUT2D eigenvalue weighted by Crippen LogP contribution is 2.07. The Morgan fingerprint density at radius 2 is 1.92 bits per heavy atom. The van der Waals surface area contributed by atoms with Crippen molar-refractivity contribution in [2.75, 3.05) is 20.8 Å². The van der Waals surface area contributed by atoms with Gasteiger partial charge in [0, 0.05) is 14.2 Å². The average Bonchev–Trinajstić information content (AvgIpc) is 2.15. The van der Waals surface area contributed by atoms with Gasteiger partial charge in [-0.05, 0) is 19.8 Å². The molecule has 0 aromatic rings. The average molecular weight is 205 g/mol. The van der Waals surface area contributed by atoms with E-state index in [2.05, 4.69) is 12.2 Å². The van der Waals surface area contributed by atoms with Crippen LogP contribution in [0, 0.1) is 0 Å². The molecule has 0 aromatic carbocycles. The lowest BCUT2D eigenvalue weighted by Gasteiger charge is -2.27. The molecule has 0 aliphatic rings. The first-order chi connectivity index (χ1) is 6.08. The molecule has 0 unspecified atom stereocenters. The highest BCUT2D eigenvalue weighted by atomic mass is 32.1. The molecule has 0 saturated heterocycles. The second kappa shape index (κ2) is 6.29. The molecule has 0 aliphatic carbocycles. The molecular weight excluding hydrogens is 186 g/mol. The molecule has 0 bridgehead atoms. The molecule has 0 atom stereocenters. The van der Waals surface area contributed by atoms with Gasteiger partial charge < -0.3 is 14.8 Å². The molecule has 0 aromatic heterocycles. The molecule has 78 valence electrons. The number of rotatable bonds is 6. The molecule has 3 nitrogen and oxygen atoms in total. The summed E-state index contributed by atoms with van der Waals surface area (Å²) in [5.41, 5.74) is 0. The summed E-state index contributed by atoms with van der Waals surface area (Å²) in [6.07, 6.45) is 1.97. The van der Waals surface area contributed by atoms with Gasteiger partial charge in [-0.1, -0.05) is 19.1 Å². The Morgan fingerprint density at radius 3 is 2.31 bits per heavy atom. The van der Waals surface area contributed by atoms with Crippen molar-refractivity contribution in [3.05, 3.63) is 0 Å². The number of hydrogen-bond donors (Lipinski definition) is 1. The van der Waals surface area contributed by atoms with Crippen LogP contribution in [0.2, 0.25) is 0 Å².